The van der Waals surface area contributed by atoms with Crippen LogP contribution in [0.4, 0.5) is 4.79 Å². The van der Waals surface area contributed by atoms with Crippen LogP contribution in [0.3, 0.4) is 0 Å². The summed E-state index contributed by atoms with van der Waals surface area (Å²) < 4.78 is 5.48. The largest absolute Gasteiger partial charge is 0.445 e. The third kappa shape index (κ3) is 4.95. The van der Waals surface area contributed by atoms with Crippen LogP contribution in [0.1, 0.15) is 31.2 Å². The Hall–Kier alpha value is -1.59. The van der Waals surface area contributed by atoms with Crippen LogP contribution in [0.25, 0.3) is 0 Å². The fraction of sp³-hybridized carbons (Fsp3) is 0.632. The van der Waals surface area contributed by atoms with Crippen molar-refractivity contribution < 1.29 is 9.53 Å². The van der Waals surface area contributed by atoms with E-state index < -0.39 is 0 Å². The molecule has 1 aliphatic carbocycles. The first-order valence-electron chi connectivity index (χ1n) is 9.16. The summed E-state index contributed by atoms with van der Waals surface area (Å²) in [5, 5.41) is 0. The summed E-state index contributed by atoms with van der Waals surface area (Å²) in [5.74, 6) is 0.537. The molecule has 1 heterocycles. The van der Waals surface area contributed by atoms with Crippen molar-refractivity contribution in [2.45, 2.75) is 38.3 Å². The van der Waals surface area contributed by atoms with Crippen molar-refractivity contribution in [3.63, 3.8) is 0 Å². The number of hydrogen-bond acceptors (Lipinski definition) is 4. The second kappa shape index (κ2) is 8.49. The summed E-state index contributed by atoms with van der Waals surface area (Å²) in [6.45, 7) is 4.71. The van der Waals surface area contributed by atoms with Crippen LogP contribution in [0.5, 0.6) is 0 Å². The lowest BCUT2D eigenvalue weighted by atomic mass is 9.97. The zero-order valence-electron chi connectivity index (χ0n) is 14.4. The van der Waals surface area contributed by atoms with Crippen molar-refractivity contribution in [3.8, 4) is 0 Å². The minimum absolute atomic E-state index is 0.180. The van der Waals surface area contributed by atoms with Gasteiger partial charge in [0.25, 0.3) is 0 Å². The van der Waals surface area contributed by atoms with Gasteiger partial charge in [-0.15, -0.1) is 0 Å². The minimum atomic E-state index is -0.180. The van der Waals surface area contributed by atoms with Gasteiger partial charge in [-0.3, -0.25) is 4.90 Å². The third-order valence-corrected chi connectivity index (χ3v) is 4.95. The van der Waals surface area contributed by atoms with E-state index in [1.165, 1.54) is 19.3 Å². The number of nitrogens with zero attached hydrogens (tertiary/aromatic N) is 2. The Labute approximate surface area is 144 Å². The van der Waals surface area contributed by atoms with Crippen LogP contribution in [0, 0.1) is 5.92 Å². The quantitative estimate of drug-likeness (QED) is 0.834. The van der Waals surface area contributed by atoms with E-state index in [1.54, 1.807) is 0 Å². The normalized spacial score (nSPS) is 21.1. The average Bonchev–Trinajstić information content (AvgIpc) is 3.45. The molecule has 5 heteroatoms. The summed E-state index contributed by atoms with van der Waals surface area (Å²) >= 11 is 0. The molecule has 0 aromatic heterocycles. The molecular formula is C19H29N3O2. The third-order valence-electron chi connectivity index (χ3n) is 4.95. The van der Waals surface area contributed by atoms with Gasteiger partial charge >= 0.3 is 6.09 Å². The highest BCUT2D eigenvalue weighted by Gasteiger charge is 2.32. The molecule has 1 saturated carbocycles. The summed E-state index contributed by atoms with van der Waals surface area (Å²) in [4.78, 5) is 16.7. The lowest BCUT2D eigenvalue weighted by Gasteiger charge is -2.35. The van der Waals surface area contributed by atoms with E-state index in [0.29, 0.717) is 19.1 Å². The molecule has 0 spiro atoms. The second-order valence-electron chi connectivity index (χ2n) is 7.01. The van der Waals surface area contributed by atoms with Crippen molar-refractivity contribution in [2.24, 2.45) is 11.7 Å². The Kier molecular flexibility index (Phi) is 6.10. The molecule has 5 nitrogen and oxygen atoms in total. The van der Waals surface area contributed by atoms with Crippen molar-refractivity contribution in [1.29, 1.82) is 0 Å². The molecule has 0 bridgehead atoms. The van der Waals surface area contributed by atoms with Gasteiger partial charge in [-0.25, -0.2) is 4.79 Å². The summed E-state index contributed by atoms with van der Waals surface area (Å²) in [5.41, 5.74) is 6.77. The molecule has 132 valence electrons. The number of rotatable bonds is 7. The molecule has 1 aromatic rings. The van der Waals surface area contributed by atoms with Gasteiger partial charge in [0, 0.05) is 38.8 Å². The van der Waals surface area contributed by atoms with E-state index in [0.717, 1.165) is 44.2 Å². The first-order chi connectivity index (χ1) is 11.8. The maximum atomic E-state index is 12.3. The van der Waals surface area contributed by atoms with Crippen LogP contribution in [-0.4, -0.2) is 54.7 Å². The Morgan fingerprint density at radius 1 is 1.25 bits per heavy atom. The topological polar surface area (TPSA) is 58.8 Å². The number of nitrogens with two attached hydrogens (primary N) is 1. The molecule has 2 N–H and O–H groups in total. The molecule has 24 heavy (non-hydrogen) atoms. The predicted octanol–water partition coefficient (Wildman–Crippen LogP) is 2.46. The smallest absolute Gasteiger partial charge is 0.410 e. The molecule has 2 fully saturated rings. The van der Waals surface area contributed by atoms with Crippen molar-refractivity contribution in [2.75, 3.05) is 32.7 Å². The first-order valence-corrected chi connectivity index (χ1v) is 9.16. The van der Waals surface area contributed by atoms with Crippen molar-refractivity contribution in [3.05, 3.63) is 35.9 Å². The zero-order valence-corrected chi connectivity index (χ0v) is 14.4. The van der Waals surface area contributed by atoms with Gasteiger partial charge < -0.3 is 15.4 Å². The van der Waals surface area contributed by atoms with Crippen molar-refractivity contribution in [1.82, 2.24) is 9.80 Å². The molecule has 1 atom stereocenters. The van der Waals surface area contributed by atoms with Crippen LogP contribution < -0.4 is 5.73 Å². The van der Waals surface area contributed by atoms with Crippen LogP contribution in [0.2, 0.25) is 0 Å². The van der Waals surface area contributed by atoms with Gasteiger partial charge in [0.15, 0.2) is 0 Å². The number of hydrogen-bond donors (Lipinski definition) is 1. The predicted molar refractivity (Wildman–Crippen MR) is 94.6 cm³/mol. The SMILES string of the molecule is NCCN(C[C@H]1CCCN(C(=O)OCc2ccccc2)C1)C1CC1. The highest BCUT2D eigenvalue weighted by molar-refractivity contribution is 5.67. The van der Waals surface area contributed by atoms with Gasteiger partial charge in [0.05, 0.1) is 0 Å². The lowest BCUT2D eigenvalue weighted by Crippen LogP contribution is -2.45. The van der Waals surface area contributed by atoms with Gasteiger partial charge in [-0.05, 0) is 37.2 Å². The molecule has 3 rings (SSSR count). The number of piperidine rings is 1. The number of benzene rings is 1. The van der Waals surface area contributed by atoms with Crippen molar-refractivity contribution >= 4 is 6.09 Å². The maximum Gasteiger partial charge on any atom is 0.410 e. The summed E-state index contributed by atoms with van der Waals surface area (Å²) in [6.07, 6.45) is 4.67. The van der Waals surface area contributed by atoms with E-state index in [9.17, 15) is 4.79 Å². The van der Waals surface area contributed by atoms with Gasteiger partial charge in [-0.1, -0.05) is 30.3 Å². The maximum absolute atomic E-state index is 12.3. The molecular weight excluding hydrogens is 302 g/mol. The Balaban J connectivity index is 1.46. The van der Waals surface area contributed by atoms with Crippen LogP contribution >= 0.6 is 0 Å². The Bertz CT molecular complexity index is 519. The monoisotopic (exact) mass is 331 g/mol. The van der Waals surface area contributed by atoms with E-state index >= 15 is 0 Å². The van der Waals surface area contributed by atoms with Crippen LogP contribution in [-0.2, 0) is 11.3 Å². The Morgan fingerprint density at radius 2 is 2.04 bits per heavy atom. The zero-order chi connectivity index (χ0) is 16.8. The van der Waals surface area contributed by atoms with E-state index in [2.05, 4.69) is 4.90 Å². The Morgan fingerprint density at radius 3 is 2.75 bits per heavy atom. The van der Waals surface area contributed by atoms with E-state index in [-0.39, 0.29) is 6.09 Å². The minimum Gasteiger partial charge on any atom is -0.445 e. The number of amides is 1. The highest BCUT2D eigenvalue weighted by Crippen LogP contribution is 2.29. The van der Waals surface area contributed by atoms with E-state index in [1.807, 2.05) is 35.2 Å². The van der Waals surface area contributed by atoms with Gasteiger partial charge in [0.2, 0.25) is 0 Å². The summed E-state index contributed by atoms with van der Waals surface area (Å²) in [6, 6.07) is 10.6. The number of likely N-dealkylation sites (tertiary alicyclic amines) is 1. The molecule has 1 amide bonds. The highest BCUT2D eigenvalue weighted by atomic mass is 16.6. The molecule has 1 saturated heterocycles. The molecule has 1 aromatic carbocycles. The van der Waals surface area contributed by atoms with E-state index in [4.69, 9.17) is 10.5 Å². The second-order valence-corrected chi connectivity index (χ2v) is 7.01. The first kappa shape index (κ1) is 17.2. The number of carbonyl (C=O) groups is 1. The summed E-state index contributed by atoms with van der Waals surface area (Å²) in [7, 11) is 0. The van der Waals surface area contributed by atoms with Gasteiger partial charge in [-0.2, -0.15) is 0 Å². The fourth-order valence-corrected chi connectivity index (χ4v) is 3.55. The standard InChI is InChI=1S/C19H29N3O2/c20-10-12-21(18-8-9-18)13-17-7-4-11-22(14-17)19(23)24-15-16-5-2-1-3-6-16/h1-3,5-6,17-18H,4,7-15,20H2/t17-/m1/s1. The van der Waals surface area contributed by atoms with Gasteiger partial charge in [0.1, 0.15) is 6.61 Å². The van der Waals surface area contributed by atoms with Crippen LogP contribution in [0.15, 0.2) is 30.3 Å². The molecule has 1 aliphatic heterocycles. The average molecular weight is 331 g/mol. The molecule has 2 aliphatic rings. The lowest BCUT2D eigenvalue weighted by molar-refractivity contribution is 0.0718. The number of ether oxygens (including phenoxy) is 1. The molecule has 0 unspecified atom stereocenters. The fourth-order valence-electron chi connectivity index (χ4n) is 3.55. The number of carbonyl (C=O) groups excluding carboxylic acids is 1. The molecule has 0 radical (unpaired) electrons.